The lowest BCUT2D eigenvalue weighted by atomic mass is 10.0. The molecule has 0 aliphatic heterocycles. The summed E-state index contributed by atoms with van der Waals surface area (Å²) < 4.78 is 3.03. The molecule has 0 aliphatic rings. The summed E-state index contributed by atoms with van der Waals surface area (Å²) in [6.07, 6.45) is 23.1. The van der Waals surface area contributed by atoms with Crippen LogP contribution in [0.15, 0.2) is 0 Å². The maximum Gasteiger partial charge on any atom is 0.00875 e. The summed E-state index contributed by atoms with van der Waals surface area (Å²) in [4.78, 5) is 2.00. The molecule has 1 N–H and O–H groups in total. The van der Waals surface area contributed by atoms with Crippen LogP contribution in [-0.4, -0.2) is 32.6 Å². The molecule has 0 aromatic carbocycles. The number of rotatable bonds is 17. The zero-order valence-electron chi connectivity index (χ0n) is 17.3. The van der Waals surface area contributed by atoms with Gasteiger partial charge in [-0.1, -0.05) is 103 Å². The van der Waals surface area contributed by atoms with Crippen molar-refractivity contribution in [1.29, 1.82) is 0 Å². The van der Waals surface area contributed by atoms with Gasteiger partial charge in [-0.05, 0) is 27.6 Å². The van der Waals surface area contributed by atoms with Crippen molar-refractivity contribution in [3.63, 3.8) is 0 Å². The summed E-state index contributed by atoms with van der Waals surface area (Å²) in [7, 11) is 6.00. The molecule has 0 saturated carbocycles. The Morgan fingerprint density at radius 1 is 0.542 bits per heavy atom. The highest BCUT2D eigenvalue weighted by atomic mass is 79.9. The third kappa shape index (κ3) is 33.9. The van der Waals surface area contributed by atoms with Crippen LogP contribution in [-0.2, 0) is 0 Å². The number of halogens is 1. The Hall–Kier alpha value is 0.400. The van der Waals surface area contributed by atoms with Crippen molar-refractivity contribution in [3.8, 4) is 0 Å². The number of nitrogens with one attached hydrogen (secondary N) is 1. The lowest BCUT2D eigenvalue weighted by Gasteiger charge is -2.03. The van der Waals surface area contributed by atoms with E-state index in [2.05, 4.69) is 27.4 Å². The maximum atomic E-state index is 3.24. The fourth-order valence-corrected chi connectivity index (χ4v) is 3.02. The Kier molecular flexibility index (Phi) is 28.4. The molecular formula is C21H47BrN2. The van der Waals surface area contributed by atoms with Gasteiger partial charge in [0, 0.05) is 22.7 Å². The topological polar surface area (TPSA) is 15.3 Å². The van der Waals surface area contributed by atoms with Gasteiger partial charge in [-0.15, -0.1) is 0 Å². The maximum absolute atomic E-state index is 3.24. The molecule has 0 aromatic rings. The average Bonchev–Trinajstić information content (AvgIpc) is 2.54. The summed E-state index contributed by atoms with van der Waals surface area (Å²) in [6.45, 7) is 3.40. The van der Waals surface area contributed by atoms with Gasteiger partial charge in [0.1, 0.15) is 0 Å². The zero-order valence-corrected chi connectivity index (χ0v) is 18.9. The minimum atomic E-state index is 1.11. The van der Waals surface area contributed by atoms with E-state index in [1.54, 1.807) is 0 Å². The van der Waals surface area contributed by atoms with E-state index in [0.717, 1.165) is 6.54 Å². The summed E-state index contributed by atoms with van der Waals surface area (Å²) >= 11 is 3.24. The van der Waals surface area contributed by atoms with Gasteiger partial charge in [0.05, 0.1) is 0 Å². The Bertz CT molecular complexity index is 178. The molecule has 0 heterocycles. The molecular weight excluding hydrogens is 360 g/mol. The van der Waals surface area contributed by atoms with Crippen LogP contribution in [0.3, 0.4) is 0 Å². The first-order chi connectivity index (χ1) is 11.6. The molecule has 0 aliphatic carbocycles. The van der Waals surface area contributed by atoms with Crippen LogP contribution in [0.1, 0.15) is 110 Å². The van der Waals surface area contributed by atoms with Gasteiger partial charge in [-0.25, -0.2) is 0 Å². The summed E-state index contributed by atoms with van der Waals surface area (Å²) in [5, 5.41) is 0. The van der Waals surface area contributed by atoms with Gasteiger partial charge in [0.15, 0.2) is 0 Å². The first kappa shape index (κ1) is 26.6. The van der Waals surface area contributed by atoms with Gasteiger partial charge < -0.3 is 4.90 Å². The second-order valence-corrected chi connectivity index (χ2v) is 8.09. The van der Waals surface area contributed by atoms with Crippen LogP contribution in [0, 0.1) is 0 Å². The van der Waals surface area contributed by atoms with E-state index in [9.17, 15) is 0 Å². The number of hydrogen-bond acceptors (Lipinski definition) is 2. The molecule has 0 fully saturated rings. The molecule has 0 saturated heterocycles. The number of hydrogen-bond donors (Lipinski definition) is 1. The predicted octanol–water partition coefficient (Wildman–Crippen LogP) is 7.33. The van der Waals surface area contributed by atoms with Crippen LogP contribution in [0.5, 0.6) is 0 Å². The molecule has 0 rings (SSSR count). The van der Waals surface area contributed by atoms with Gasteiger partial charge in [-0.3, -0.25) is 4.34 Å². The minimum absolute atomic E-state index is 1.11. The Labute approximate surface area is 162 Å². The van der Waals surface area contributed by atoms with Crippen molar-refractivity contribution in [1.82, 2.24) is 9.24 Å². The SMILES string of the molecule is CCCCCCCCCCCCCCCCCCNBr.CN(C)C. The first-order valence-electron chi connectivity index (χ1n) is 10.6. The van der Waals surface area contributed by atoms with Crippen molar-refractivity contribution in [3.05, 3.63) is 0 Å². The fourth-order valence-electron chi connectivity index (χ4n) is 2.74. The molecule has 0 unspecified atom stereocenters. The van der Waals surface area contributed by atoms with Gasteiger partial charge in [0.2, 0.25) is 0 Å². The minimum Gasteiger partial charge on any atom is -0.312 e. The third-order valence-electron chi connectivity index (χ3n) is 4.12. The molecule has 2 nitrogen and oxygen atoms in total. The molecule has 0 atom stereocenters. The van der Waals surface area contributed by atoms with E-state index in [4.69, 9.17) is 0 Å². The van der Waals surface area contributed by atoms with Crippen molar-refractivity contribution < 1.29 is 0 Å². The molecule has 24 heavy (non-hydrogen) atoms. The smallest absolute Gasteiger partial charge is 0.00875 e. The highest BCUT2D eigenvalue weighted by Crippen LogP contribution is 2.13. The van der Waals surface area contributed by atoms with E-state index >= 15 is 0 Å². The van der Waals surface area contributed by atoms with Gasteiger partial charge in [-0.2, -0.15) is 0 Å². The van der Waals surface area contributed by atoms with E-state index < -0.39 is 0 Å². The third-order valence-corrected chi connectivity index (χ3v) is 4.52. The highest BCUT2D eigenvalue weighted by molar-refractivity contribution is 9.08. The Morgan fingerprint density at radius 3 is 1.04 bits per heavy atom. The lowest BCUT2D eigenvalue weighted by Crippen LogP contribution is -1.99. The van der Waals surface area contributed by atoms with Crippen LogP contribution in [0.4, 0.5) is 0 Å². The summed E-state index contributed by atoms with van der Waals surface area (Å²) in [6, 6.07) is 0. The Balaban J connectivity index is 0. The van der Waals surface area contributed by atoms with Crippen molar-refractivity contribution in [2.45, 2.75) is 110 Å². The normalized spacial score (nSPS) is 10.8. The highest BCUT2D eigenvalue weighted by Gasteiger charge is 1.94. The predicted molar refractivity (Wildman–Crippen MR) is 116 cm³/mol. The van der Waals surface area contributed by atoms with E-state index in [0.29, 0.717) is 0 Å². The molecule has 0 aromatic heterocycles. The first-order valence-corrected chi connectivity index (χ1v) is 11.4. The second kappa shape index (κ2) is 25.6. The average molecular weight is 408 g/mol. The molecule has 0 spiro atoms. The molecule has 0 bridgehead atoms. The summed E-state index contributed by atoms with van der Waals surface area (Å²) in [5.41, 5.74) is 0. The largest absolute Gasteiger partial charge is 0.312 e. The zero-order chi connectivity index (χ0) is 18.3. The van der Waals surface area contributed by atoms with E-state index in [-0.39, 0.29) is 0 Å². The molecule has 3 heteroatoms. The van der Waals surface area contributed by atoms with Crippen LogP contribution >= 0.6 is 16.1 Å². The van der Waals surface area contributed by atoms with Crippen LogP contribution < -0.4 is 4.34 Å². The van der Waals surface area contributed by atoms with E-state index in [1.165, 1.54) is 103 Å². The number of unbranched alkanes of at least 4 members (excludes halogenated alkanes) is 15. The monoisotopic (exact) mass is 406 g/mol. The van der Waals surface area contributed by atoms with Gasteiger partial charge >= 0.3 is 0 Å². The molecule has 0 amide bonds. The van der Waals surface area contributed by atoms with Crippen LogP contribution in [0.25, 0.3) is 0 Å². The number of nitrogens with zero attached hydrogens (tertiary/aromatic N) is 1. The molecule has 0 radical (unpaired) electrons. The summed E-state index contributed by atoms with van der Waals surface area (Å²) in [5.74, 6) is 0. The Morgan fingerprint density at radius 2 is 0.792 bits per heavy atom. The lowest BCUT2D eigenvalue weighted by molar-refractivity contribution is 0.505. The van der Waals surface area contributed by atoms with Crippen molar-refractivity contribution >= 4 is 16.1 Å². The second-order valence-electron chi connectivity index (χ2n) is 7.53. The van der Waals surface area contributed by atoms with E-state index in [1.807, 2.05) is 26.0 Å². The van der Waals surface area contributed by atoms with Gasteiger partial charge in [0.25, 0.3) is 0 Å². The quantitative estimate of drug-likeness (QED) is 0.201. The molecule has 148 valence electrons. The van der Waals surface area contributed by atoms with Crippen LogP contribution in [0.2, 0.25) is 0 Å². The van der Waals surface area contributed by atoms with Crippen molar-refractivity contribution in [2.75, 3.05) is 27.7 Å². The standard InChI is InChI=1S/C18H38BrN.C3H9N/c1-2-3-4-5-6-7-8-9-10-11-12-13-14-15-16-17-18-20-19;1-4(2)3/h20H,2-18H2,1H3;1-3H3. The fraction of sp³-hybridized carbons (Fsp3) is 1.00. The van der Waals surface area contributed by atoms with Crippen molar-refractivity contribution in [2.24, 2.45) is 0 Å².